The van der Waals surface area contributed by atoms with Crippen LogP contribution in [0.4, 0.5) is 0 Å². The predicted molar refractivity (Wildman–Crippen MR) is 98.4 cm³/mol. The van der Waals surface area contributed by atoms with E-state index in [9.17, 15) is 5.11 Å². The molecule has 7 heteroatoms. The van der Waals surface area contributed by atoms with E-state index in [-0.39, 0.29) is 41.3 Å². The molecule has 0 radical (unpaired) electrons. The van der Waals surface area contributed by atoms with Gasteiger partial charge in [-0.05, 0) is 37.0 Å². The molecule has 0 fully saturated rings. The molecule has 0 amide bonds. The fourth-order valence-corrected chi connectivity index (χ4v) is 3.14. The number of phenols is 1. The van der Waals surface area contributed by atoms with Crippen LogP contribution in [0.15, 0.2) is 12.1 Å². The maximum atomic E-state index is 10.5. The van der Waals surface area contributed by atoms with Crippen molar-refractivity contribution in [1.82, 2.24) is 0 Å². The number of aliphatic hydroxyl groups excluding tert-OH is 3. The number of thiol groups is 3. The molecule has 3 atom stereocenters. The molecule has 0 aliphatic rings. The first kappa shape index (κ1) is 20.0. The van der Waals surface area contributed by atoms with Crippen molar-refractivity contribution in [2.45, 2.75) is 35.0 Å². The molecule has 1 aromatic carbocycles. The SMILES string of the molecule is OCCC(S)c1cc(C(S)CCO)c(O)c(C(S)CCO)c1. The van der Waals surface area contributed by atoms with E-state index in [1.165, 1.54) is 0 Å². The van der Waals surface area contributed by atoms with E-state index < -0.39 is 0 Å². The molecule has 0 aliphatic heterocycles. The van der Waals surface area contributed by atoms with Crippen molar-refractivity contribution in [1.29, 1.82) is 0 Å². The zero-order valence-corrected chi connectivity index (χ0v) is 14.9. The van der Waals surface area contributed by atoms with Crippen LogP contribution in [-0.2, 0) is 0 Å². The summed E-state index contributed by atoms with van der Waals surface area (Å²) in [7, 11) is 0. The van der Waals surface area contributed by atoms with Gasteiger partial charge < -0.3 is 20.4 Å². The highest BCUT2D eigenvalue weighted by Gasteiger charge is 2.21. The zero-order chi connectivity index (χ0) is 16.7. The molecule has 0 saturated heterocycles. The lowest BCUT2D eigenvalue weighted by Crippen LogP contribution is -2.04. The van der Waals surface area contributed by atoms with Crippen LogP contribution in [0.25, 0.3) is 0 Å². The quantitative estimate of drug-likeness (QED) is 0.343. The summed E-state index contributed by atoms with van der Waals surface area (Å²) in [6, 6.07) is 3.61. The van der Waals surface area contributed by atoms with Gasteiger partial charge in [0.05, 0.1) is 0 Å². The lowest BCUT2D eigenvalue weighted by molar-refractivity contribution is 0.285. The summed E-state index contributed by atoms with van der Waals surface area (Å²) >= 11 is 13.4. The van der Waals surface area contributed by atoms with Crippen LogP contribution in [0.2, 0.25) is 0 Å². The lowest BCUT2D eigenvalue weighted by Gasteiger charge is -2.21. The number of hydrogen-bond acceptors (Lipinski definition) is 7. The van der Waals surface area contributed by atoms with Crippen LogP contribution >= 0.6 is 37.9 Å². The van der Waals surface area contributed by atoms with Gasteiger partial charge in [-0.25, -0.2) is 0 Å². The first-order valence-electron chi connectivity index (χ1n) is 7.19. The summed E-state index contributed by atoms with van der Waals surface area (Å²) in [6.07, 6.45) is 1.31. The summed E-state index contributed by atoms with van der Waals surface area (Å²) in [5.41, 5.74) is 2.08. The van der Waals surface area contributed by atoms with Gasteiger partial charge in [0, 0.05) is 46.7 Å². The standard InChI is InChI=1S/C15H24O4S3/c16-4-1-12(20)9-7-10(13(21)2-5-17)15(19)11(8-9)14(22)3-6-18/h7-8,12-14,16-22H,1-6H2. The summed E-state index contributed by atoms with van der Waals surface area (Å²) in [5.74, 6) is 0.0928. The van der Waals surface area contributed by atoms with Crippen molar-refractivity contribution >= 4 is 37.9 Å². The van der Waals surface area contributed by atoms with E-state index in [0.717, 1.165) is 5.56 Å². The second-order valence-corrected chi connectivity index (χ2v) is 7.00. The van der Waals surface area contributed by atoms with Crippen molar-refractivity contribution < 1.29 is 20.4 Å². The Bertz CT molecular complexity index is 437. The van der Waals surface area contributed by atoms with Gasteiger partial charge in [-0.15, -0.1) is 0 Å². The average Bonchev–Trinajstić information content (AvgIpc) is 2.48. The Labute approximate surface area is 147 Å². The molecule has 1 aromatic rings. The molecule has 22 heavy (non-hydrogen) atoms. The molecule has 0 aromatic heterocycles. The van der Waals surface area contributed by atoms with Gasteiger partial charge in [0.25, 0.3) is 0 Å². The Morgan fingerprint density at radius 3 is 1.45 bits per heavy atom. The van der Waals surface area contributed by atoms with Crippen molar-refractivity contribution in [2.24, 2.45) is 0 Å². The molecule has 1 rings (SSSR count). The summed E-state index contributed by atoms with van der Waals surface area (Å²) in [6.45, 7) is -0.0499. The Morgan fingerprint density at radius 2 is 1.09 bits per heavy atom. The van der Waals surface area contributed by atoms with Crippen molar-refractivity contribution in [3.05, 3.63) is 28.8 Å². The highest BCUT2D eigenvalue weighted by atomic mass is 32.1. The van der Waals surface area contributed by atoms with Crippen LogP contribution in [0.1, 0.15) is 51.7 Å². The van der Waals surface area contributed by atoms with Gasteiger partial charge in [-0.2, -0.15) is 37.9 Å². The Morgan fingerprint density at radius 1 is 0.727 bits per heavy atom. The number of hydrogen-bond donors (Lipinski definition) is 7. The molecular formula is C15H24O4S3. The largest absolute Gasteiger partial charge is 0.507 e. The minimum absolute atomic E-state index is 0.0155. The van der Waals surface area contributed by atoms with E-state index >= 15 is 0 Å². The van der Waals surface area contributed by atoms with Crippen molar-refractivity contribution in [2.75, 3.05) is 19.8 Å². The van der Waals surface area contributed by atoms with E-state index in [1.54, 1.807) is 12.1 Å². The number of aliphatic hydroxyl groups is 3. The second-order valence-electron chi connectivity index (χ2n) is 5.13. The first-order valence-corrected chi connectivity index (χ1v) is 8.74. The maximum Gasteiger partial charge on any atom is 0.124 e. The van der Waals surface area contributed by atoms with E-state index in [0.29, 0.717) is 30.4 Å². The molecule has 0 saturated carbocycles. The molecule has 126 valence electrons. The minimum Gasteiger partial charge on any atom is -0.507 e. The van der Waals surface area contributed by atoms with Gasteiger partial charge in [0.2, 0.25) is 0 Å². The van der Waals surface area contributed by atoms with Gasteiger partial charge in [0.15, 0.2) is 0 Å². The average molecular weight is 365 g/mol. The van der Waals surface area contributed by atoms with Crippen LogP contribution < -0.4 is 0 Å². The molecule has 0 heterocycles. The second kappa shape index (κ2) is 9.95. The predicted octanol–water partition coefficient (Wildman–Crippen LogP) is 2.45. The number of phenolic OH excluding ortho intramolecular Hbond substituents is 1. The molecule has 4 nitrogen and oxygen atoms in total. The zero-order valence-electron chi connectivity index (χ0n) is 12.3. The number of aromatic hydroxyl groups is 1. The summed E-state index contributed by atoms with van der Waals surface area (Å²) in [5, 5.41) is 36.9. The van der Waals surface area contributed by atoms with Crippen LogP contribution in [-0.4, -0.2) is 40.2 Å². The normalized spacial score (nSPS) is 15.5. The molecule has 3 unspecified atom stereocenters. The smallest absolute Gasteiger partial charge is 0.124 e. The van der Waals surface area contributed by atoms with E-state index in [2.05, 4.69) is 37.9 Å². The maximum absolute atomic E-state index is 10.5. The summed E-state index contributed by atoms with van der Waals surface area (Å²) in [4.78, 5) is 0. The number of rotatable bonds is 9. The van der Waals surface area contributed by atoms with Gasteiger partial charge >= 0.3 is 0 Å². The third kappa shape index (κ3) is 5.25. The third-order valence-corrected chi connectivity index (χ3v) is 5.13. The summed E-state index contributed by atoms with van der Waals surface area (Å²) < 4.78 is 0. The van der Waals surface area contributed by atoms with Crippen LogP contribution in [0, 0.1) is 0 Å². The van der Waals surface area contributed by atoms with Crippen molar-refractivity contribution in [3.8, 4) is 5.75 Å². The van der Waals surface area contributed by atoms with Crippen molar-refractivity contribution in [3.63, 3.8) is 0 Å². The third-order valence-electron chi connectivity index (χ3n) is 3.50. The van der Waals surface area contributed by atoms with Gasteiger partial charge in [0.1, 0.15) is 5.75 Å². The fourth-order valence-electron chi connectivity index (χ4n) is 2.25. The van der Waals surface area contributed by atoms with Gasteiger partial charge in [-0.3, -0.25) is 0 Å². The first-order chi connectivity index (χ1) is 10.5. The minimum atomic E-state index is -0.312. The monoisotopic (exact) mass is 364 g/mol. The van der Waals surface area contributed by atoms with Gasteiger partial charge in [-0.1, -0.05) is 0 Å². The molecular weight excluding hydrogens is 340 g/mol. The van der Waals surface area contributed by atoms with Crippen LogP contribution in [0.5, 0.6) is 5.75 Å². The highest BCUT2D eigenvalue weighted by Crippen LogP contribution is 2.42. The van der Waals surface area contributed by atoms with E-state index in [1.807, 2.05) is 0 Å². The highest BCUT2D eigenvalue weighted by molar-refractivity contribution is 7.81. The lowest BCUT2D eigenvalue weighted by atomic mass is 9.95. The molecule has 0 spiro atoms. The molecule has 4 N–H and O–H groups in total. The Kier molecular flexibility index (Phi) is 9.04. The molecule has 0 aliphatic carbocycles. The Hall–Kier alpha value is -0.0500. The molecule has 0 bridgehead atoms. The topological polar surface area (TPSA) is 80.9 Å². The van der Waals surface area contributed by atoms with Crippen LogP contribution in [0.3, 0.4) is 0 Å². The van der Waals surface area contributed by atoms with E-state index in [4.69, 9.17) is 15.3 Å². The Balaban J connectivity index is 3.29. The number of benzene rings is 1. The fraction of sp³-hybridized carbons (Fsp3) is 0.600.